The molecule has 2 N–H and O–H groups in total. The summed E-state index contributed by atoms with van der Waals surface area (Å²) in [6.45, 7) is 6.37. The topological polar surface area (TPSA) is 50.4 Å². The Labute approximate surface area is 123 Å². The molecular formula is C16H30N2O2. The van der Waals surface area contributed by atoms with Crippen LogP contribution >= 0.6 is 0 Å². The number of hydrogen-bond acceptors (Lipinski definition) is 3. The van der Waals surface area contributed by atoms with Crippen LogP contribution in [0.2, 0.25) is 0 Å². The lowest BCUT2D eigenvalue weighted by molar-refractivity contribution is 0.0519. The van der Waals surface area contributed by atoms with E-state index in [1.54, 1.807) is 0 Å². The lowest BCUT2D eigenvalue weighted by Crippen LogP contribution is -2.48. The quantitative estimate of drug-likeness (QED) is 0.814. The molecule has 4 heteroatoms. The molecule has 0 aliphatic heterocycles. The molecule has 0 aromatic heterocycles. The largest absolute Gasteiger partial charge is 0.444 e. The zero-order valence-electron chi connectivity index (χ0n) is 13.2. The summed E-state index contributed by atoms with van der Waals surface area (Å²) in [5, 5.41) is 6.69. The molecule has 2 saturated carbocycles. The van der Waals surface area contributed by atoms with Gasteiger partial charge in [0.15, 0.2) is 0 Å². The molecule has 0 aromatic carbocycles. The van der Waals surface area contributed by atoms with Gasteiger partial charge in [0.2, 0.25) is 0 Å². The van der Waals surface area contributed by atoms with Crippen molar-refractivity contribution in [3.05, 3.63) is 0 Å². The highest BCUT2D eigenvalue weighted by molar-refractivity contribution is 5.67. The van der Waals surface area contributed by atoms with E-state index in [0.717, 1.165) is 5.92 Å². The number of carbonyl (C=O) groups excluding carboxylic acids is 1. The van der Waals surface area contributed by atoms with Crippen molar-refractivity contribution >= 4 is 6.09 Å². The van der Waals surface area contributed by atoms with Gasteiger partial charge in [-0.15, -0.1) is 0 Å². The molecule has 1 atom stereocenters. The number of nitrogens with one attached hydrogen (secondary N) is 2. The van der Waals surface area contributed by atoms with Crippen LogP contribution in [-0.4, -0.2) is 30.3 Å². The highest BCUT2D eigenvalue weighted by Gasteiger charge is 2.33. The number of carbonyl (C=O) groups is 1. The first-order valence-electron chi connectivity index (χ1n) is 8.17. The highest BCUT2D eigenvalue weighted by Crippen LogP contribution is 2.33. The molecule has 4 nitrogen and oxygen atoms in total. The van der Waals surface area contributed by atoms with Gasteiger partial charge in [0, 0.05) is 18.6 Å². The van der Waals surface area contributed by atoms with Crippen molar-refractivity contribution in [2.24, 2.45) is 5.92 Å². The molecule has 0 saturated heterocycles. The van der Waals surface area contributed by atoms with Gasteiger partial charge in [0.05, 0.1) is 0 Å². The minimum absolute atomic E-state index is 0.298. The summed E-state index contributed by atoms with van der Waals surface area (Å²) in [4.78, 5) is 11.7. The Kier molecular flexibility index (Phi) is 5.30. The Hall–Kier alpha value is -0.770. The van der Waals surface area contributed by atoms with E-state index in [0.29, 0.717) is 18.6 Å². The van der Waals surface area contributed by atoms with Crippen molar-refractivity contribution in [3.63, 3.8) is 0 Å². The van der Waals surface area contributed by atoms with E-state index < -0.39 is 5.60 Å². The molecule has 2 aliphatic rings. The minimum atomic E-state index is -0.421. The summed E-state index contributed by atoms with van der Waals surface area (Å²) in [6.07, 6.45) is 8.92. The average molecular weight is 282 g/mol. The summed E-state index contributed by atoms with van der Waals surface area (Å²) < 4.78 is 5.30. The van der Waals surface area contributed by atoms with Gasteiger partial charge < -0.3 is 15.4 Å². The van der Waals surface area contributed by atoms with Crippen molar-refractivity contribution in [1.29, 1.82) is 0 Å². The van der Waals surface area contributed by atoms with E-state index in [4.69, 9.17) is 4.74 Å². The second-order valence-electron chi connectivity index (χ2n) is 7.33. The Bertz CT molecular complexity index is 315. The number of hydrogen-bond donors (Lipinski definition) is 2. The van der Waals surface area contributed by atoms with E-state index in [1.165, 1.54) is 44.9 Å². The maximum Gasteiger partial charge on any atom is 0.407 e. The second-order valence-corrected chi connectivity index (χ2v) is 7.33. The van der Waals surface area contributed by atoms with Gasteiger partial charge in [-0.25, -0.2) is 4.79 Å². The van der Waals surface area contributed by atoms with Crippen LogP contribution in [0.4, 0.5) is 4.79 Å². The molecule has 0 radical (unpaired) electrons. The first-order valence-corrected chi connectivity index (χ1v) is 8.17. The summed E-state index contributed by atoms with van der Waals surface area (Å²) in [6, 6.07) is 1.07. The molecule has 2 rings (SSSR count). The van der Waals surface area contributed by atoms with Gasteiger partial charge in [-0.05, 0) is 52.4 Å². The van der Waals surface area contributed by atoms with Crippen molar-refractivity contribution in [3.8, 4) is 0 Å². The minimum Gasteiger partial charge on any atom is -0.444 e. The summed E-state index contributed by atoms with van der Waals surface area (Å²) >= 11 is 0. The summed E-state index contributed by atoms with van der Waals surface area (Å²) in [5.41, 5.74) is -0.421. The van der Waals surface area contributed by atoms with Crippen LogP contribution in [0.15, 0.2) is 0 Å². The van der Waals surface area contributed by atoms with Crippen LogP contribution in [0.5, 0.6) is 0 Å². The van der Waals surface area contributed by atoms with Gasteiger partial charge in [-0.2, -0.15) is 0 Å². The van der Waals surface area contributed by atoms with Crippen molar-refractivity contribution in [2.75, 3.05) is 6.54 Å². The first kappa shape index (κ1) is 15.6. The maximum atomic E-state index is 11.7. The van der Waals surface area contributed by atoms with Gasteiger partial charge in [-0.3, -0.25) is 0 Å². The predicted molar refractivity (Wildman–Crippen MR) is 80.8 cm³/mol. The molecule has 0 spiro atoms. The Morgan fingerprint density at radius 3 is 2.35 bits per heavy atom. The van der Waals surface area contributed by atoms with E-state index in [9.17, 15) is 4.79 Å². The number of ether oxygens (including phenoxy) is 1. The van der Waals surface area contributed by atoms with E-state index >= 15 is 0 Å². The van der Waals surface area contributed by atoms with Crippen molar-refractivity contribution < 1.29 is 9.53 Å². The molecule has 2 fully saturated rings. The molecule has 20 heavy (non-hydrogen) atoms. The summed E-state index contributed by atoms with van der Waals surface area (Å²) in [7, 11) is 0. The first-order chi connectivity index (χ1) is 9.44. The normalized spacial score (nSPS) is 22.4. The molecule has 0 heterocycles. The van der Waals surface area contributed by atoms with E-state index in [2.05, 4.69) is 10.6 Å². The number of alkyl carbamates (subject to hydrolysis) is 1. The molecule has 2 aliphatic carbocycles. The van der Waals surface area contributed by atoms with E-state index in [1.807, 2.05) is 20.8 Å². The molecule has 0 bridgehead atoms. The van der Waals surface area contributed by atoms with Gasteiger partial charge in [0.25, 0.3) is 0 Å². The fourth-order valence-corrected chi connectivity index (χ4v) is 2.94. The molecular weight excluding hydrogens is 252 g/mol. The molecule has 1 unspecified atom stereocenters. The summed E-state index contributed by atoms with van der Waals surface area (Å²) in [5.74, 6) is 0.742. The molecule has 116 valence electrons. The Morgan fingerprint density at radius 2 is 1.80 bits per heavy atom. The molecule has 0 aromatic rings. The van der Waals surface area contributed by atoms with E-state index in [-0.39, 0.29) is 6.09 Å². The molecule has 1 amide bonds. The number of rotatable bonds is 5. The highest BCUT2D eigenvalue weighted by atomic mass is 16.6. The van der Waals surface area contributed by atoms with Crippen molar-refractivity contribution in [2.45, 2.75) is 83.4 Å². The Morgan fingerprint density at radius 1 is 1.15 bits per heavy atom. The third-order valence-electron chi connectivity index (χ3n) is 4.11. The SMILES string of the molecule is CC(C)(C)OC(=O)NCC(NC1CCCCC1)C1CC1. The fourth-order valence-electron chi connectivity index (χ4n) is 2.94. The number of amides is 1. The van der Waals surface area contributed by atoms with Crippen molar-refractivity contribution in [1.82, 2.24) is 10.6 Å². The third-order valence-corrected chi connectivity index (χ3v) is 4.11. The monoisotopic (exact) mass is 282 g/mol. The fraction of sp³-hybridized carbons (Fsp3) is 0.938. The van der Waals surface area contributed by atoms with Gasteiger partial charge in [-0.1, -0.05) is 19.3 Å². The maximum absolute atomic E-state index is 11.7. The van der Waals surface area contributed by atoms with Gasteiger partial charge >= 0.3 is 6.09 Å². The van der Waals surface area contributed by atoms with Crippen LogP contribution in [0.3, 0.4) is 0 Å². The third kappa shape index (κ3) is 5.70. The van der Waals surface area contributed by atoms with Crippen LogP contribution < -0.4 is 10.6 Å². The van der Waals surface area contributed by atoms with Crippen LogP contribution in [0.1, 0.15) is 65.7 Å². The zero-order valence-corrected chi connectivity index (χ0v) is 13.2. The zero-order chi connectivity index (χ0) is 14.6. The lowest BCUT2D eigenvalue weighted by Gasteiger charge is -2.29. The second kappa shape index (κ2) is 6.79. The van der Waals surface area contributed by atoms with Crippen LogP contribution in [-0.2, 0) is 4.74 Å². The van der Waals surface area contributed by atoms with Crippen LogP contribution in [0, 0.1) is 5.92 Å². The Balaban J connectivity index is 1.73. The lowest BCUT2D eigenvalue weighted by atomic mass is 9.94. The average Bonchev–Trinajstić information content (AvgIpc) is 3.18. The van der Waals surface area contributed by atoms with Gasteiger partial charge in [0.1, 0.15) is 5.60 Å². The standard InChI is InChI=1S/C16H30N2O2/c1-16(2,3)20-15(19)17-11-14(12-9-10-12)18-13-7-5-4-6-8-13/h12-14,18H,4-11H2,1-3H3,(H,17,19). The van der Waals surface area contributed by atoms with Crippen LogP contribution in [0.25, 0.3) is 0 Å². The predicted octanol–water partition coefficient (Wildman–Crippen LogP) is 3.21. The smallest absolute Gasteiger partial charge is 0.407 e.